The standard InChI is InChI=1S/C11H12BrClFNO/c1-7(5-6-12)15-11(16)10-8(13)3-2-4-9(10)14/h2-4,7H,5-6H2,1H3,(H,15,16). The molecule has 0 saturated carbocycles. The van der Waals surface area contributed by atoms with Crippen LogP contribution in [-0.2, 0) is 0 Å². The van der Waals surface area contributed by atoms with E-state index in [1.807, 2.05) is 6.92 Å². The number of nitrogens with one attached hydrogen (secondary N) is 1. The van der Waals surface area contributed by atoms with Crippen LogP contribution in [-0.4, -0.2) is 17.3 Å². The number of halogens is 3. The number of hydrogen-bond acceptors (Lipinski definition) is 1. The van der Waals surface area contributed by atoms with Gasteiger partial charge in [0.25, 0.3) is 5.91 Å². The van der Waals surface area contributed by atoms with E-state index >= 15 is 0 Å². The molecule has 1 rings (SSSR count). The Morgan fingerprint density at radius 3 is 2.88 bits per heavy atom. The van der Waals surface area contributed by atoms with E-state index in [1.165, 1.54) is 18.2 Å². The Hall–Kier alpha value is -0.610. The predicted molar refractivity (Wildman–Crippen MR) is 66.7 cm³/mol. The molecular formula is C11H12BrClFNO. The van der Waals surface area contributed by atoms with E-state index in [-0.39, 0.29) is 16.6 Å². The molecule has 1 atom stereocenters. The number of benzene rings is 1. The fraction of sp³-hybridized carbons (Fsp3) is 0.364. The van der Waals surface area contributed by atoms with Gasteiger partial charge in [-0.15, -0.1) is 0 Å². The quantitative estimate of drug-likeness (QED) is 0.849. The maximum atomic E-state index is 13.4. The van der Waals surface area contributed by atoms with Crippen LogP contribution in [0.15, 0.2) is 18.2 Å². The Labute approximate surface area is 107 Å². The Kier molecular flexibility index (Phi) is 5.22. The minimum absolute atomic E-state index is 0.0254. The van der Waals surface area contributed by atoms with Crippen molar-refractivity contribution >= 4 is 33.4 Å². The molecule has 1 unspecified atom stereocenters. The molecule has 88 valence electrons. The fourth-order valence-electron chi connectivity index (χ4n) is 1.25. The molecule has 5 heteroatoms. The highest BCUT2D eigenvalue weighted by Crippen LogP contribution is 2.18. The summed E-state index contributed by atoms with van der Waals surface area (Å²) in [6.45, 7) is 1.86. The van der Waals surface area contributed by atoms with Crippen LogP contribution >= 0.6 is 27.5 Å². The summed E-state index contributed by atoms with van der Waals surface area (Å²) in [4.78, 5) is 11.7. The Bertz CT molecular complexity index is 366. The third kappa shape index (κ3) is 3.46. The molecule has 0 aromatic heterocycles. The second-order valence-corrected chi connectivity index (χ2v) is 4.65. The molecule has 0 aliphatic rings. The number of carbonyl (C=O) groups is 1. The summed E-state index contributed by atoms with van der Waals surface area (Å²) in [6, 6.07) is 4.16. The van der Waals surface area contributed by atoms with Crippen molar-refractivity contribution in [1.29, 1.82) is 0 Å². The lowest BCUT2D eigenvalue weighted by Crippen LogP contribution is -2.33. The van der Waals surface area contributed by atoms with Gasteiger partial charge in [0.2, 0.25) is 0 Å². The van der Waals surface area contributed by atoms with Gasteiger partial charge in [-0.05, 0) is 25.5 Å². The number of amides is 1. The Balaban J connectivity index is 2.80. The second kappa shape index (κ2) is 6.21. The summed E-state index contributed by atoms with van der Waals surface area (Å²) in [5, 5.41) is 3.59. The molecule has 0 aliphatic heterocycles. The first-order chi connectivity index (χ1) is 7.56. The summed E-state index contributed by atoms with van der Waals surface area (Å²) in [6.07, 6.45) is 0.776. The van der Waals surface area contributed by atoms with Gasteiger partial charge in [-0.2, -0.15) is 0 Å². The van der Waals surface area contributed by atoms with Crippen molar-refractivity contribution in [2.45, 2.75) is 19.4 Å². The molecule has 1 amide bonds. The predicted octanol–water partition coefficient (Wildman–Crippen LogP) is 3.38. The molecule has 0 bridgehead atoms. The van der Waals surface area contributed by atoms with Crippen LogP contribution in [0.2, 0.25) is 5.02 Å². The largest absolute Gasteiger partial charge is 0.349 e. The zero-order valence-corrected chi connectivity index (χ0v) is 11.1. The molecular weight excluding hydrogens is 296 g/mol. The van der Waals surface area contributed by atoms with E-state index in [2.05, 4.69) is 21.2 Å². The van der Waals surface area contributed by atoms with Gasteiger partial charge in [0, 0.05) is 11.4 Å². The highest BCUT2D eigenvalue weighted by Gasteiger charge is 2.16. The molecule has 2 nitrogen and oxygen atoms in total. The molecule has 1 aromatic carbocycles. The first kappa shape index (κ1) is 13.5. The van der Waals surface area contributed by atoms with Gasteiger partial charge in [-0.25, -0.2) is 4.39 Å². The van der Waals surface area contributed by atoms with Crippen molar-refractivity contribution in [2.24, 2.45) is 0 Å². The lowest BCUT2D eigenvalue weighted by molar-refractivity contribution is 0.0935. The summed E-state index contributed by atoms with van der Waals surface area (Å²) in [5.74, 6) is -1.08. The van der Waals surface area contributed by atoms with Gasteiger partial charge in [0.05, 0.1) is 10.6 Å². The topological polar surface area (TPSA) is 29.1 Å². The van der Waals surface area contributed by atoms with Crippen molar-refractivity contribution in [3.8, 4) is 0 Å². The third-order valence-corrected chi connectivity index (χ3v) is 2.88. The number of hydrogen-bond donors (Lipinski definition) is 1. The zero-order valence-electron chi connectivity index (χ0n) is 8.77. The average molecular weight is 309 g/mol. The lowest BCUT2D eigenvalue weighted by Gasteiger charge is -2.13. The lowest BCUT2D eigenvalue weighted by atomic mass is 10.1. The fourth-order valence-corrected chi connectivity index (χ4v) is 2.18. The smallest absolute Gasteiger partial charge is 0.255 e. The maximum absolute atomic E-state index is 13.4. The van der Waals surface area contributed by atoms with Crippen molar-refractivity contribution < 1.29 is 9.18 Å². The Morgan fingerprint density at radius 2 is 2.31 bits per heavy atom. The van der Waals surface area contributed by atoms with Crippen LogP contribution in [0.4, 0.5) is 4.39 Å². The van der Waals surface area contributed by atoms with E-state index in [4.69, 9.17) is 11.6 Å². The monoisotopic (exact) mass is 307 g/mol. The molecule has 0 aliphatic carbocycles. The number of alkyl halides is 1. The first-order valence-electron chi connectivity index (χ1n) is 4.87. The van der Waals surface area contributed by atoms with Gasteiger partial charge in [-0.3, -0.25) is 4.79 Å². The van der Waals surface area contributed by atoms with E-state index in [9.17, 15) is 9.18 Å². The number of rotatable bonds is 4. The van der Waals surface area contributed by atoms with Crippen molar-refractivity contribution in [2.75, 3.05) is 5.33 Å². The molecule has 0 fully saturated rings. The van der Waals surface area contributed by atoms with E-state index in [1.54, 1.807) is 0 Å². The van der Waals surface area contributed by atoms with Gasteiger partial charge in [0.15, 0.2) is 0 Å². The normalized spacial score (nSPS) is 12.2. The van der Waals surface area contributed by atoms with Crippen LogP contribution in [0.25, 0.3) is 0 Å². The summed E-state index contributed by atoms with van der Waals surface area (Å²) in [5.41, 5.74) is -0.0920. The van der Waals surface area contributed by atoms with Crippen LogP contribution < -0.4 is 5.32 Å². The molecule has 16 heavy (non-hydrogen) atoms. The summed E-state index contributed by atoms with van der Waals surface area (Å²) >= 11 is 9.05. The highest BCUT2D eigenvalue weighted by atomic mass is 79.9. The Morgan fingerprint density at radius 1 is 1.62 bits per heavy atom. The molecule has 0 heterocycles. The van der Waals surface area contributed by atoms with E-state index < -0.39 is 11.7 Å². The SMILES string of the molecule is CC(CCBr)NC(=O)c1c(F)cccc1Cl. The third-order valence-electron chi connectivity index (χ3n) is 2.11. The molecule has 0 saturated heterocycles. The van der Waals surface area contributed by atoms with E-state index in [0.29, 0.717) is 0 Å². The van der Waals surface area contributed by atoms with Gasteiger partial charge in [0.1, 0.15) is 5.82 Å². The molecule has 0 spiro atoms. The van der Waals surface area contributed by atoms with E-state index in [0.717, 1.165) is 11.8 Å². The first-order valence-corrected chi connectivity index (χ1v) is 6.37. The molecule has 1 aromatic rings. The van der Waals surface area contributed by atoms with Crippen LogP contribution in [0.5, 0.6) is 0 Å². The van der Waals surface area contributed by atoms with Gasteiger partial charge < -0.3 is 5.32 Å². The van der Waals surface area contributed by atoms with Gasteiger partial charge in [-0.1, -0.05) is 33.6 Å². The highest BCUT2D eigenvalue weighted by molar-refractivity contribution is 9.09. The maximum Gasteiger partial charge on any atom is 0.255 e. The summed E-state index contributed by atoms with van der Waals surface area (Å²) in [7, 11) is 0. The summed E-state index contributed by atoms with van der Waals surface area (Å²) < 4.78 is 13.4. The van der Waals surface area contributed by atoms with Gasteiger partial charge >= 0.3 is 0 Å². The van der Waals surface area contributed by atoms with Crippen molar-refractivity contribution in [3.63, 3.8) is 0 Å². The minimum Gasteiger partial charge on any atom is -0.349 e. The van der Waals surface area contributed by atoms with Crippen LogP contribution in [0, 0.1) is 5.82 Å². The zero-order chi connectivity index (χ0) is 12.1. The van der Waals surface area contributed by atoms with Crippen molar-refractivity contribution in [3.05, 3.63) is 34.6 Å². The molecule has 1 N–H and O–H groups in total. The molecule has 0 radical (unpaired) electrons. The minimum atomic E-state index is -0.601. The van der Waals surface area contributed by atoms with Crippen molar-refractivity contribution in [1.82, 2.24) is 5.32 Å². The number of carbonyl (C=O) groups excluding carboxylic acids is 1. The van der Waals surface area contributed by atoms with Crippen LogP contribution in [0.3, 0.4) is 0 Å². The second-order valence-electron chi connectivity index (χ2n) is 3.45. The average Bonchev–Trinajstić information content (AvgIpc) is 2.17. The van der Waals surface area contributed by atoms with Crippen LogP contribution in [0.1, 0.15) is 23.7 Å².